The van der Waals surface area contributed by atoms with Crippen LogP contribution in [0.4, 0.5) is 0 Å². The summed E-state index contributed by atoms with van der Waals surface area (Å²) < 4.78 is 0. The molecule has 0 aliphatic rings. The Morgan fingerprint density at radius 2 is 2.07 bits per heavy atom. The molecule has 0 saturated heterocycles. The standard InChI is InChI=1S/C10H22N2O2/c1-4-5-9(11)10(14)12(6-7-13)8(2)3/h8-9,13H,4-7,11H2,1-3H3. The first-order valence-electron chi connectivity index (χ1n) is 5.21. The summed E-state index contributed by atoms with van der Waals surface area (Å²) in [5.41, 5.74) is 5.72. The van der Waals surface area contributed by atoms with Crippen LogP contribution in [0.15, 0.2) is 0 Å². The van der Waals surface area contributed by atoms with Crippen LogP contribution >= 0.6 is 0 Å². The lowest BCUT2D eigenvalue weighted by molar-refractivity contribution is -0.135. The highest BCUT2D eigenvalue weighted by atomic mass is 16.3. The first kappa shape index (κ1) is 13.4. The van der Waals surface area contributed by atoms with Gasteiger partial charge in [-0.3, -0.25) is 4.79 Å². The summed E-state index contributed by atoms with van der Waals surface area (Å²) in [4.78, 5) is 13.4. The van der Waals surface area contributed by atoms with E-state index in [-0.39, 0.29) is 18.6 Å². The molecule has 4 heteroatoms. The van der Waals surface area contributed by atoms with Gasteiger partial charge in [0.2, 0.25) is 5.91 Å². The molecule has 4 nitrogen and oxygen atoms in total. The van der Waals surface area contributed by atoms with E-state index in [1.165, 1.54) is 0 Å². The number of aliphatic hydroxyl groups is 1. The highest BCUT2D eigenvalue weighted by molar-refractivity contribution is 5.81. The summed E-state index contributed by atoms with van der Waals surface area (Å²) >= 11 is 0. The second-order valence-electron chi connectivity index (χ2n) is 3.74. The largest absolute Gasteiger partial charge is 0.395 e. The maximum atomic E-state index is 11.8. The Kier molecular flexibility index (Phi) is 6.49. The van der Waals surface area contributed by atoms with Crippen molar-refractivity contribution in [3.8, 4) is 0 Å². The molecule has 84 valence electrons. The fourth-order valence-corrected chi connectivity index (χ4v) is 1.38. The molecule has 0 aliphatic heterocycles. The van der Waals surface area contributed by atoms with E-state index in [9.17, 15) is 4.79 Å². The van der Waals surface area contributed by atoms with E-state index < -0.39 is 6.04 Å². The van der Waals surface area contributed by atoms with Crippen LogP contribution in [0.5, 0.6) is 0 Å². The lowest BCUT2D eigenvalue weighted by atomic mass is 10.1. The first-order valence-corrected chi connectivity index (χ1v) is 5.21. The molecule has 0 radical (unpaired) electrons. The molecule has 1 amide bonds. The van der Waals surface area contributed by atoms with E-state index in [2.05, 4.69) is 0 Å². The molecular weight excluding hydrogens is 180 g/mol. The quantitative estimate of drug-likeness (QED) is 0.653. The van der Waals surface area contributed by atoms with Crippen LogP contribution in [-0.4, -0.2) is 41.1 Å². The zero-order chi connectivity index (χ0) is 11.1. The minimum Gasteiger partial charge on any atom is -0.395 e. The van der Waals surface area contributed by atoms with E-state index >= 15 is 0 Å². The molecule has 0 saturated carbocycles. The number of rotatable bonds is 6. The van der Waals surface area contributed by atoms with Gasteiger partial charge in [-0.05, 0) is 20.3 Å². The van der Waals surface area contributed by atoms with Crippen LogP contribution in [0.2, 0.25) is 0 Å². The zero-order valence-corrected chi connectivity index (χ0v) is 9.36. The molecule has 0 heterocycles. The van der Waals surface area contributed by atoms with Crippen molar-refractivity contribution in [1.82, 2.24) is 4.90 Å². The lowest BCUT2D eigenvalue weighted by Crippen LogP contribution is -2.48. The summed E-state index contributed by atoms with van der Waals surface area (Å²) in [5.74, 6) is -0.0594. The van der Waals surface area contributed by atoms with Gasteiger partial charge in [-0.2, -0.15) is 0 Å². The lowest BCUT2D eigenvalue weighted by Gasteiger charge is -2.28. The van der Waals surface area contributed by atoms with Crippen molar-refractivity contribution in [1.29, 1.82) is 0 Å². The molecule has 14 heavy (non-hydrogen) atoms. The van der Waals surface area contributed by atoms with Gasteiger partial charge in [0, 0.05) is 12.6 Å². The molecule has 0 aromatic rings. The summed E-state index contributed by atoms with van der Waals surface area (Å²) in [6.07, 6.45) is 1.60. The monoisotopic (exact) mass is 202 g/mol. The van der Waals surface area contributed by atoms with Crippen LogP contribution in [0.1, 0.15) is 33.6 Å². The third-order valence-corrected chi connectivity index (χ3v) is 2.16. The van der Waals surface area contributed by atoms with Crippen LogP contribution in [0.25, 0.3) is 0 Å². The van der Waals surface area contributed by atoms with Gasteiger partial charge in [-0.15, -0.1) is 0 Å². The van der Waals surface area contributed by atoms with Gasteiger partial charge in [-0.1, -0.05) is 13.3 Å². The van der Waals surface area contributed by atoms with Crippen LogP contribution < -0.4 is 5.73 Å². The number of carbonyl (C=O) groups is 1. The summed E-state index contributed by atoms with van der Waals surface area (Å²) in [5, 5.41) is 8.81. The van der Waals surface area contributed by atoms with E-state index in [1.807, 2.05) is 20.8 Å². The number of aliphatic hydroxyl groups excluding tert-OH is 1. The van der Waals surface area contributed by atoms with Gasteiger partial charge in [0.15, 0.2) is 0 Å². The number of hydrogen-bond acceptors (Lipinski definition) is 3. The summed E-state index contributed by atoms with van der Waals surface area (Å²) in [6.45, 7) is 6.20. The Bertz CT molecular complexity index is 172. The normalized spacial score (nSPS) is 13.0. The van der Waals surface area contributed by atoms with Crippen LogP contribution in [0, 0.1) is 0 Å². The van der Waals surface area contributed by atoms with Crippen LogP contribution in [0.3, 0.4) is 0 Å². The number of hydrogen-bond donors (Lipinski definition) is 2. The number of nitrogens with two attached hydrogens (primary N) is 1. The van der Waals surface area contributed by atoms with Crippen molar-refractivity contribution in [2.45, 2.75) is 45.7 Å². The SMILES string of the molecule is CCCC(N)C(=O)N(CCO)C(C)C. The Morgan fingerprint density at radius 1 is 1.50 bits per heavy atom. The van der Waals surface area contributed by atoms with Crippen molar-refractivity contribution in [3.63, 3.8) is 0 Å². The molecule has 0 aromatic carbocycles. The van der Waals surface area contributed by atoms with Crippen LogP contribution in [-0.2, 0) is 4.79 Å². The summed E-state index contributed by atoms with van der Waals surface area (Å²) in [7, 11) is 0. The maximum Gasteiger partial charge on any atom is 0.239 e. The van der Waals surface area contributed by atoms with Gasteiger partial charge in [0.05, 0.1) is 12.6 Å². The third kappa shape index (κ3) is 4.07. The maximum absolute atomic E-state index is 11.8. The molecule has 0 fully saturated rings. The topological polar surface area (TPSA) is 66.6 Å². The zero-order valence-electron chi connectivity index (χ0n) is 9.36. The fraction of sp³-hybridized carbons (Fsp3) is 0.900. The number of carbonyl (C=O) groups excluding carboxylic acids is 1. The molecule has 3 N–H and O–H groups in total. The van der Waals surface area contributed by atoms with E-state index in [1.54, 1.807) is 4.90 Å². The molecule has 1 unspecified atom stereocenters. The Labute approximate surface area is 86.1 Å². The second-order valence-corrected chi connectivity index (χ2v) is 3.74. The predicted octanol–water partition coefficient (Wildman–Crippen LogP) is 0.343. The average molecular weight is 202 g/mol. The fourth-order valence-electron chi connectivity index (χ4n) is 1.38. The Morgan fingerprint density at radius 3 is 2.43 bits per heavy atom. The van der Waals surface area contributed by atoms with Crippen molar-refractivity contribution in [2.24, 2.45) is 5.73 Å². The smallest absolute Gasteiger partial charge is 0.239 e. The van der Waals surface area contributed by atoms with Gasteiger partial charge < -0.3 is 15.7 Å². The third-order valence-electron chi connectivity index (χ3n) is 2.16. The van der Waals surface area contributed by atoms with Gasteiger partial charge in [-0.25, -0.2) is 0 Å². The predicted molar refractivity (Wildman–Crippen MR) is 56.8 cm³/mol. The highest BCUT2D eigenvalue weighted by Crippen LogP contribution is 2.04. The van der Waals surface area contributed by atoms with Gasteiger partial charge in [0.1, 0.15) is 0 Å². The Balaban J connectivity index is 4.27. The van der Waals surface area contributed by atoms with Gasteiger partial charge >= 0.3 is 0 Å². The number of nitrogens with zero attached hydrogens (tertiary/aromatic N) is 1. The molecule has 0 aliphatic carbocycles. The van der Waals surface area contributed by atoms with Crippen molar-refractivity contribution in [3.05, 3.63) is 0 Å². The molecule has 0 rings (SSSR count). The first-order chi connectivity index (χ1) is 6.54. The average Bonchev–Trinajstić information content (AvgIpc) is 2.13. The summed E-state index contributed by atoms with van der Waals surface area (Å²) in [6, 6.07) is -0.327. The second kappa shape index (κ2) is 6.79. The molecule has 0 bridgehead atoms. The highest BCUT2D eigenvalue weighted by Gasteiger charge is 2.21. The molecule has 0 aromatic heterocycles. The van der Waals surface area contributed by atoms with Crippen molar-refractivity contribution in [2.75, 3.05) is 13.2 Å². The number of amides is 1. The minimum absolute atomic E-state index is 0.0111. The van der Waals surface area contributed by atoms with Crippen molar-refractivity contribution >= 4 is 5.91 Å². The van der Waals surface area contributed by atoms with E-state index in [0.29, 0.717) is 13.0 Å². The van der Waals surface area contributed by atoms with Crippen molar-refractivity contribution < 1.29 is 9.90 Å². The van der Waals surface area contributed by atoms with E-state index in [4.69, 9.17) is 10.8 Å². The molecular formula is C10H22N2O2. The molecule has 0 spiro atoms. The molecule has 1 atom stereocenters. The van der Waals surface area contributed by atoms with E-state index in [0.717, 1.165) is 6.42 Å². The minimum atomic E-state index is -0.422. The Hall–Kier alpha value is -0.610. The van der Waals surface area contributed by atoms with Gasteiger partial charge in [0.25, 0.3) is 0 Å².